The van der Waals surface area contributed by atoms with Crippen molar-refractivity contribution in [3.63, 3.8) is 0 Å². The number of carbonyl (C=O) groups excluding carboxylic acids is 2. The summed E-state index contributed by atoms with van der Waals surface area (Å²) in [6.07, 6.45) is 0. The van der Waals surface area contributed by atoms with Crippen molar-refractivity contribution >= 4 is 46.3 Å². The molecule has 0 bridgehead atoms. The summed E-state index contributed by atoms with van der Waals surface area (Å²) in [6.45, 7) is 1.22. The Balaban J connectivity index is 2.36. The maximum absolute atomic E-state index is 12.8. The molecule has 1 atom stereocenters. The minimum atomic E-state index is -1.44. The summed E-state index contributed by atoms with van der Waals surface area (Å²) in [7, 11) is 5.69. The van der Waals surface area contributed by atoms with Crippen molar-refractivity contribution in [3.8, 4) is 23.0 Å². The van der Waals surface area contributed by atoms with Gasteiger partial charge in [0, 0.05) is 11.1 Å². The number of azo groups is 1. The molecular weight excluding hydrogens is 449 g/mol. The van der Waals surface area contributed by atoms with Gasteiger partial charge in [0.1, 0.15) is 16.5 Å². The molecule has 0 aliphatic heterocycles. The van der Waals surface area contributed by atoms with Crippen LogP contribution in [0.4, 0.5) is 11.4 Å². The van der Waals surface area contributed by atoms with Gasteiger partial charge in [0.15, 0.2) is 23.0 Å². The zero-order chi connectivity index (χ0) is 23.1. The molecule has 0 aliphatic carbocycles. The molecule has 1 unspecified atom stereocenters. The average Bonchev–Trinajstić information content (AvgIpc) is 2.73. The third-order valence-corrected chi connectivity index (χ3v) is 4.66. The third-order valence-electron chi connectivity index (χ3n) is 4.08. The van der Waals surface area contributed by atoms with Gasteiger partial charge in [-0.05, 0) is 25.1 Å². The number of ether oxygens (including phenoxy) is 4. The molecule has 2 rings (SSSR count). The summed E-state index contributed by atoms with van der Waals surface area (Å²) in [5.74, 6) is -0.161. The van der Waals surface area contributed by atoms with E-state index in [0.717, 1.165) is 0 Å². The monoisotopic (exact) mass is 469 g/mol. The highest BCUT2D eigenvalue weighted by Crippen LogP contribution is 2.42. The Morgan fingerprint density at radius 2 is 1.58 bits per heavy atom. The fourth-order valence-corrected chi connectivity index (χ4v) is 3.14. The number of amides is 1. The lowest BCUT2D eigenvalue weighted by Crippen LogP contribution is -2.32. The minimum Gasteiger partial charge on any atom is -0.495 e. The summed E-state index contributed by atoms with van der Waals surface area (Å²) in [5, 5.41) is 10.9. The number of Topliss-reactive ketones (excluding diaryl/α,β-unsaturated/α-hetero) is 1. The maximum atomic E-state index is 12.8. The molecule has 0 saturated heterocycles. The van der Waals surface area contributed by atoms with E-state index in [9.17, 15) is 9.59 Å². The Bertz CT molecular complexity index is 1010. The first kappa shape index (κ1) is 24.2. The normalized spacial score (nSPS) is 11.7. The van der Waals surface area contributed by atoms with Crippen molar-refractivity contribution in [1.29, 1.82) is 0 Å². The second-order valence-electron chi connectivity index (χ2n) is 6.04. The van der Waals surface area contributed by atoms with E-state index in [4.69, 9.17) is 42.1 Å². The maximum Gasteiger partial charge on any atom is 0.258 e. The summed E-state index contributed by atoms with van der Waals surface area (Å²) < 4.78 is 20.8. The largest absolute Gasteiger partial charge is 0.495 e. The number of hydrogen-bond donors (Lipinski definition) is 1. The van der Waals surface area contributed by atoms with Crippen LogP contribution in [0.1, 0.15) is 6.92 Å². The number of nitrogens with one attached hydrogen (secondary N) is 1. The zero-order valence-corrected chi connectivity index (χ0v) is 19.0. The Morgan fingerprint density at radius 1 is 0.935 bits per heavy atom. The standard InChI is InChI=1S/C20H21Cl2N3O6/c1-10(26)17(25-24-12-6-7-14(28-2)16(22)19(12)31-5)20(27)23-13-8-11(21)9-15(29-3)18(13)30-4/h6-9,17H,1-5H3,(H,23,27). The van der Waals surface area contributed by atoms with Crippen molar-refractivity contribution in [1.82, 2.24) is 0 Å². The summed E-state index contributed by atoms with van der Waals surface area (Å²) >= 11 is 12.3. The first-order valence-corrected chi connectivity index (χ1v) is 9.57. The number of hydrogen-bond acceptors (Lipinski definition) is 8. The lowest BCUT2D eigenvalue weighted by Gasteiger charge is -2.15. The Labute approximate surface area is 189 Å². The molecular formula is C20H21Cl2N3O6. The fraction of sp³-hybridized carbons (Fsp3) is 0.300. The highest BCUT2D eigenvalue weighted by Gasteiger charge is 2.26. The zero-order valence-electron chi connectivity index (χ0n) is 17.5. The Morgan fingerprint density at radius 3 is 2.13 bits per heavy atom. The lowest BCUT2D eigenvalue weighted by atomic mass is 10.2. The molecule has 0 fully saturated rings. The minimum absolute atomic E-state index is 0.182. The molecule has 166 valence electrons. The number of halogens is 2. The van der Waals surface area contributed by atoms with E-state index in [-0.39, 0.29) is 27.9 Å². The van der Waals surface area contributed by atoms with Gasteiger partial charge in [-0.1, -0.05) is 23.2 Å². The highest BCUT2D eigenvalue weighted by molar-refractivity contribution is 6.34. The van der Waals surface area contributed by atoms with Crippen LogP contribution in [0.25, 0.3) is 0 Å². The summed E-state index contributed by atoms with van der Waals surface area (Å²) in [4.78, 5) is 24.9. The molecule has 0 spiro atoms. The molecule has 2 aromatic carbocycles. The predicted molar refractivity (Wildman–Crippen MR) is 117 cm³/mol. The second-order valence-corrected chi connectivity index (χ2v) is 6.86. The van der Waals surface area contributed by atoms with Crippen LogP contribution in [0, 0.1) is 0 Å². The average molecular weight is 470 g/mol. The van der Waals surface area contributed by atoms with E-state index >= 15 is 0 Å². The van der Waals surface area contributed by atoms with Crippen molar-refractivity contribution in [3.05, 3.63) is 34.3 Å². The van der Waals surface area contributed by atoms with E-state index in [0.29, 0.717) is 16.5 Å². The smallest absolute Gasteiger partial charge is 0.258 e. The second kappa shape index (κ2) is 10.8. The SMILES string of the molecule is COc1ccc(N=NC(C(C)=O)C(=O)Nc2cc(Cl)cc(OC)c2OC)c(OC)c1Cl. The van der Waals surface area contributed by atoms with Gasteiger partial charge >= 0.3 is 0 Å². The molecule has 1 amide bonds. The van der Waals surface area contributed by atoms with Gasteiger partial charge in [0.25, 0.3) is 5.91 Å². The van der Waals surface area contributed by atoms with Crippen LogP contribution in [0.3, 0.4) is 0 Å². The van der Waals surface area contributed by atoms with E-state index in [1.807, 2.05) is 0 Å². The molecule has 11 heteroatoms. The van der Waals surface area contributed by atoms with Gasteiger partial charge in [0.2, 0.25) is 6.04 Å². The number of carbonyl (C=O) groups is 2. The van der Waals surface area contributed by atoms with Crippen molar-refractivity contribution in [2.24, 2.45) is 10.2 Å². The van der Waals surface area contributed by atoms with Gasteiger partial charge in [-0.2, -0.15) is 10.2 Å². The first-order valence-electron chi connectivity index (χ1n) is 8.81. The predicted octanol–water partition coefficient (Wildman–Crippen LogP) is 4.71. The quantitative estimate of drug-likeness (QED) is 0.420. The molecule has 0 aliphatic rings. The van der Waals surface area contributed by atoms with Crippen molar-refractivity contribution < 1.29 is 28.5 Å². The number of rotatable bonds is 9. The molecule has 31 heavy (non-hydrogen) atoms. The molecule has 0 heterocycles. The number of nitrogens with zero attached hydrogens (tertiary/aromatic N) is 2. The first-order chi connectivity index (χ1) is 14.8. The summed E-state index contributed by atoms with van der Waals surface area (Å²) in [5.41, 5.74) is 0.428. The fourth-order valence-electron chi connectivity index (χ4n) is 2.62. The Hall–Kier alpha value is -3.04. The highest BCUT2D eigenvalue weighted by atomic mass is 35.5. The van der Waals surface area contributed by atoms with Crippen molar-refractivity contribution in [2.45, 2.75) is 13.0 Å². The van der Waals surface area contributed by atoms with Crippen LogP contribution in [-0.4, -0.2) is 46.2 Å². The Kier molecular flexibility index (Phi) is 8.47. The van der Waals surface area contributed by atoms with Gasteiger partial charge in [-0.25, -0.2) is 0 Å². The van der Waals surface area contributed by atoms with Gasteiger partial charge in [0.05, 0.1) is 34.1 Å². The van der Waals surface area contributed by atoms with Gasteiger partial charge in [-0.15, -0.1) is 0 Å². The number of anilines is 1. The molecule has 0 aromatic heterocycles. The third kappa shape index (κ3) is 5.56. The van der Waals surface area contributed by atoms with Crippen molar-refractivity contribution in [2.75, 3.05) is 33.8 Å². The molecule has 1 N–H and O–H groups in total. The van der Waals surface area contributed by atoms with Gasteiger partial charge < -0.3 is 24.3 Å². The van der Waals surface area contributed by atoms with Crippen LogP contribution in [0.2, 0.25) is 10.0 Å². The molecule has 2 aromatic rings. The van der Waals surface area contributed by atoms with Crippen LogP contribution in [-0.2, 0) is 9.59 Å². The lowest BCUT2D eigenvalue weighted by molar-refractivity contribution is -0.126. The van der Waals surface area contributed by atoms with Gasteiger partial charge in [-0.3, -0.25) is 9.59 Å². The van der Waals surface area contributed by atoms with E-state index < -0.39 is 17.7 Å². The number of benzene rings is 2. The molecule has 0 radical (unpaired) electrons. The summed E-state index contributed by atoms with van der Waals surface area (Å²) in [6, 6.07) is 4.64. The number of methoxy groups -OCH3 is 4. The van der Waals surface area contributed by atoms with Crippen LogP contribution >= 0.6 is 23.2 Å². The van der Waals surface area contributed by atoms with E-state index in [2.05, 4.69) is 15.5 Å². The molecule has 0 saturated carbocycles. The number of ketones is 1. The van der Waals surface area contributed by atoms with E-state index in [1.54, 1.807) is 6.07 Å². The molecule has 9 nitrogen and oxygen atoms in total. The van der Waals surface area contributed by atoms with Crippen LogP contribution in [0.15, 0.2) is 34.5 Å². The topological polar surface area (TPSA) is 108 Å². The van der Waals surface area contributed by atoms with Crippen LogP contribution in [0.5, 0.6) is 23.0 Å². The van der Waals surface area contributed by atoms with Crippen LogP contribution < -0.4 is 24.3 Å². The van der Waals surface area contributed by atoms with E-state index in [1.165, 1.54) is 53.6 Å².